The fourth-order valence-corrected chi connectivity index (χ4v) is 4.46. The second-order valence-electron chi connectivity index (χ2n) is 8.02. The van der Waals surface area contributed by atoms with Crippen molar-refractivity contribution in [2.24, 2.45) is 16.5 Å². The van der Waals surface area contributed by atoms with E-state index < -0.39 is 40.0 Å². The summed E-state index contributed by atoms with van der Waals surface area (Å²) in [6, 6.07) is 6.47. The lowest BCUT2D eigenvalue weighted by molar-refractivity contribution is -0.140. The zero-order valence-electron chi connectivity index (χ0n) is 18.6. The molecule has 0 aliphatic carbocycles. The number of aldehydes is 1. The number of aliphatic imine (C=N–C) groups is 1. The SMILES string of the molecule is CS(=O)(=O)N[C@H](Cc1ccccc1)C(=O)N1CCC[C@H]1C(=O)N[C@H](C=O)CCCN=C(N)N. The monoisotopic (exact) mass is 480 g/mol. The topological polar surface area (TPSA) is 177 Å². The third-order valence-corrected chi connectivity index (χ3v) is 5.95. The van der Waals surface area contributed by atoms with Gasteiger partial charge in [-0.25, -0.2) is 13.1 Å². The van der Waals surface area contributed by atoms with Gasteiger partial charge in [-0.2, -0.15) is 0 Å². The van der Waals surface area contributed by atoms with Crippen molar-refractivity contribution in [3.8, 4) is 0 Å². The molecule has 3 atom stereocenters. The summed E-state index contributed by atoms with van der Waals surface area (Å²) in [6.07, 6.45) is 3.64. The number of carbonyl (C=O) groups is 3. The van der Waals surface area contributed by atoms with E-state index in [1.807, 2.05) is 6.07 Å². The van der Waals surface area contributed by atoms with E-state index in [0.717, 1.165) is 11.8 Å². The minimum absolute atomic E-state index is 0.0467. The van der Waals surface area contributed by atoms with Crippen LogP contribution in [0.3, 0.4) is 0 Å². The summed E-state index contributed by atoms with van der Waals surface area (Å²) < 4.78 is 26.2. The molecule has 2 amide bonds. The number of guanidine groups is 1. The lowest BCUT2D eigenvalue weighted by Gasteiger charge is -2.29. The van der Waals surface area contributed by atoms with E-state index in [1.165, 1.54) is 4.90 Å². The highest BCUT2D eigenvalue weighted by Crippen LogP contribution is 2.20. The van der Waals surface area contributed by atoms with Crippen molar-refractivity contribution in [2.45, 2.75) is 50.2 Å². The molecule has 6 N–H and O–H groups in total. The Morgan fingerprint density at radius 1 is 1.27 bits per heavy atom. The van der Waals surface area contributed by atoms with Crippen molar-refractivity contribution >= 4 is 34.1 Å². The van der Waals surface area contributed by atoms with Crippen LogP contribution in [-0.4, -0.2) is 74.8 Å². The summed E-state index contributed by atoms with van der Waals surface area (Å²) in [5.74, 6) is -0.968. The molecule has 0 spiro atoms. The number of nitrogens with one attached hydrogen (secondary N) is 2. The van der Waals surface area contributed by atoms with Gasteiger partial charge in [-0.05, 0) is 37.7 Å². The van der Waals surface area contributed by atoms with Crippen molar-refractivity contribution in [3.05, 3.63) is 35.9 Å². The minimum Gasteiger partial charge on any atom is -0.370 e. The number of hydrogen-bond donors (Lipinski definition) is 4. The van der Waals surface area contributed by atoms with Crippen molar-refractivity contribution in [3.63, 3.8) is 0 Å². The number of sulfonamides is 1. The molecular formula is C21H32N6O5S. The molecule has 1 aromatic rings. The molecule has 1 heterocycles. The third kappa shape index (κ3) is 8.81. The van der Waals surface area contributed by atoms with Gasteiger partial charge in [0.1, 0.15) is 18.4 Å². The predicted molar refractivity (Wildman–Crippen MR) is 125 cm³/mol. The van der Waals surface area contributed by atoms with Crippen LogP contribution in [0.1, 0.15) is 31.2 Å². The maximum absolute atomic E-state index is 13.3. The van der Waals surface area contributed by atoms with Gasteiger partial charge < -0.3 is 26.5 Å². The molecule has 12 heteroatoms. The van der Waals surface area contributed by atoms with Gasteiger partial charge in [-0.15, -0.1) is 0 Å². The van der Waals surface area contributed by atoms with E-state index in [2.05, 4.69) is 15.0 Å². The first kappa shape index (κ1) is 26.3. The van der Waals surface area contributed by atoms with E-state index in [-0.39, 0.29) is 12.4 Å². The van der Waals surface area contributed by atoms with Crippen LogP contribution in [0.25, 0.3) is 0 Å². The maximum Gasteiger partial charge on any atom is 0.243 e. The lowest BCUT2D eigenvalue weighted by Crippen LogP contribution is -2.55. The highest BCUT2D eigenvalue weighted by atomic mass is 32.2. The Balaban J connectivity index is 2.08. The minimum atomic E-state index is -3.67. The predicted octanol–water partition coefficient (Wildman–Crippen LogP) is -1.12. The Hall–Kier alpha value is -2.99. The largest absolute Gasteiger partial charge is 0.370 e. The summed E-state index contributed by atoms with van der Waals surface area (Å²) in [5, 5.41) is 2.67. The molecule has 182 valence electrons. The average molecular weight is 481 g/mol. The Bertz CT molecular complexity index is 949. The smallest absolute Gasteiger partial charge is 0.243 e. The molecule has 0 saturated carbocycles. The van der Waals surface area contributed by atoms with E-state index >= 15 is 0 Å². The fraction of sp³-hybridized carbons (Fsp3) is 0.524. The summed E-state index contributed by atoms with van der Waals surface area (Å²) in [6.45, 7) is 0.652. The van der Waals surface area contributed by atoms with Gasteiger partial charge >= 0.3 is 0 Å². The second kappa shape index (κ2) is 12.3. The molecule has 33 heavy (non-hydrogen) atoms. The lowest BCUT2D eigenvalue weighted by atomic mass is 10.0. The van der Waals surface area contributed by atoms with E-state index in [4.69, 9.17) is 11.5 Å². The van der Waals surface area contributed by atoms with Gasteiger partial charge in [0.2, 0.25) is 21.8 Å². The Kier molecular flexibility index (Phi) is 9.79. The first-order valence-corrected chi connectivity index (χ1v) is 12.6. The van der Waals surface area contributed by atoms with Crippen LogP contribution >= 0.6 is 0 Å². The summed E-state index contributed by atoms with van der Waals surface area (Å²) in [4.78, 5) is 42.8. The number of nitrogens with zero attached hydrogens (tertiary/aromatic N) is 2. The maximum atomic E-state index is 13.3. The van der Waals surface area contributed by atoms with Crippen molar-refractivity contribution in [1.29, 1.82) is 0 Å². The normalized spacial score (nSPS) is 17.7. The number of likely N-dealkylation sites (tertiary alicyclic amines) is 1. The first-order chi connectivity index (χ1) is 15.6. The van der Waals surface area contributed by atoms with Gasteiger partial charge in [0, 0.05) is 13.1 Å². The molecule has 2 rings (SSSR count). The van der Waals surface area contributed by atoms with Crippen LogP contribution in [0.2, 0.25) is 0 Å². The standard InChI is InChI=1S/C21H32N6O5S/c1-33(31,32)26-17(13-15-7-3-2-4-8-15)20(30)27-12-6-10-18(27)19(29)25-16(14-28)9-5-11-24-21(22)23/h2-4,7-8,14,16-18,26H,5-6,9-13H2,1H3,(H,25,29)(H4,22,23,24)/t16-,17+,18-/m0/s1. The zero-order chi connectivity index (χ0) is 24.4. The van der Waals surface area contributed by atoms with Gasteiger partial charge in [0.15, 0.2) is 5.96 Å². The van der Waals surface area contributed by atoms with Crippen LogP contribution in [0.15, 0.2) is 35.3 Å². The van der Waals surface area contributed by atoms with Gasteiger partial charge in [-0.3, -0.25) is 14.6 Å². The first-order valence-electron chi connectivity index (χ1n) is 10.7. The van der Waals surface area contributed by atoms with Gasteiger partial charge in [0.05, 0.1) is 12.3 Å². The molecule has 1 aromatic carbocycles. The van der Waals surface area contributed by atoms with E-state index in [9.17, 15) is 22.8 Å². The number of rotatable bonds is 12. The van der Waals surface area contributed by atoms with Crippen LogP contribution in [0, 0.1) is 0 Å². The van der Waals surface area contributed by atoms with Crippen LogP contribution < -0.4 is 21.5 Å². The van der Waals surface area contributed by atoms with Gasteiger partial charge in [0.25, 0.3) is 0 Å². The molecule has 1 aliphatic rings. The second-order valence-corrected chi connectivity index (χ2v) is 9.80. The number of nitrogens with two attached hydrogens (primary N) is 2. The van der Waals surface area contributed by atoms with Crippen molar-refractivity contribution in [1.82, 2.24) is 14.9 Å². The molecule has 0 bridgehead atoms. The molecular weight excluding hydrogens is 448 g/mol. The number of amides is 2. The zero-order valence-corrected chi connectivity index (χ0v) is 19.5. The van der Waals surface area contributed by atoms with Crippen molar-refractivity contribution in [2.75, 3.05) is 19.3 Å². The summed E-state index contributed by atoms with van der Waals surface area (Å²) >= 11 is 0. The quantitative estimate of drug-likeness (QED) is 0.127. The highest BCUT2D eigenvalue weighted by Gasteiger charge is 2.38. The van der Waals surface area contributed by atoms with Crippen LogP contribution in [0.4, 0.5) is 0 Å². The summed E-state index contributed by atoms with van der Waals surface area (Å²) in [5.41, 5.74) is 11.3. The fourth-order valence-electron chi connectivity index (χ4n) is 3.76. The Labute approximate surface area is 194 Å². The van der Waals surface area contributed by atoms with Crippen LogP contribution in [0.5, 0.6) is 0 Å². The van der Waals surface area contributed by atoms with E-state index in [1.54, 1.807) is 24.3 Å². The third-order valence-electron chi connectivity index (χ3n) is 5.24. The van der Waals surface area contributed by atoms with Crippen molar-refractivity contribution < 1.29 is 22.8 Å². The molecule has 0 aromatic heterocycles. The molecule has 11 nitrogen and oxygen atoms in total. The molecule has 0 radical (unpaired) electrons. The Morgan fingerprint density at radius 3 is 2.58 bits per heavy atom. The molecule has 1 aliphatic heterocycles. The number of hydrogen-bond acceptors (Lipinski definition) is 6. The van der Waals surface area contributed by atoms with E-state index in [0.29, 0.717) is 45.1 Å². The Morgan fingerprint density at radius 2 is 1.97 bits per heavy atom. The number of carbonyl (C=O) groups excluding carboxylic acids is 3. The average Bonchev–Trinajstić information content (AvgIpc) is 3.24. The van der Waals surface area contributed by atoms with Gasteiger partial charge in [-0.1, -0.05) is 30.3 Å². The highest BCUT2D eigenvalue weighted by molar-refractivity contribution is 7.88. The van der Waals surface area contributed by atoms with Crippen LogP contribution in [-0.2, 0) is 30.8 Å². The summed E-state index contributed by atoms with van der Waals surface area (Å²) in [7, 11) is -3.67. The molecule has 1 saturated heterocycles. The molecule has 0 unspecified atom stereocenters. The molecule has 1 fully saturated rings. The number of benzene rings is 1.